The van der Waals surface area contributed by atoms with Gasteiger partial charge in [-0.3, -0.25) is 14.7 Å². The topological polar surface area (TPSA) is 92.6 Å². The number of carboxylic acids is 1. The van der Waals surface area contributed by atoms with Gasteiger partial charge in [0.1, 0.15) is 16.8 Å². The first kappa shape index (κ1) is 19.1. The summed E-state index contributed by atoms with van der Waals surface area (Å²) < 4.78 is 5.70. The number of nitrogens with zero attached hydrogens (tertiary/aromatic N) is 3. The summed E-state index contributed by atoms with van der Waals surface area (Å²) in [5.41, 5.74) is 2.74. The molecular formula is C21H19N3O4S. The first-order valence-corrected chi connectivity index (χ1v) is 10.1. The predicted molar refractivity (Wildman–Crippen MR) is 110 cm³/mol. The number of pyridine rings is 1. The van der Waals surface area contributed by atoms with Gasteiger partial charge in [-0.15, -0.1) is 11.3 Å². The van der Waals surface area contributed by atoms with E-state index in [0.717, 1.165) is 22.0 Å². The summed E-state index contributed by atoms with van der Waals surface area (Å²) in [4.78, 5) is 34.8. The Balaban J connectivity index is 1.76. The second kappa shape index (κ2) is 7.63. The molecule has 8 heteroatoms. The maximum atomic E-state index is 12.7. The average Bonchev–Trinajstić information content (AvgIpc) is 3.22. The van der Waals surface area contributed by atoms with Gasteiger partial charge in [0, 0.05) is 17.1 Å². The quantitative estimate of drug-likeness (QED) is 0.688. The molecule has 0 fully saturated rings. The maximum Gasteiger partial charge on any atom is 0.326 e. The fourth-order valence-corrected chi connectivity index (χ4v) is 4.13. The van der Waals surface area contributed by atoms with Crippen molar-refractivity contribution in [1.29, 1.82) is 0 Å². The Hall–Kier alpha value is -3.26. The number of anilines is 1. The molecule has 0 saturated heterocycles. The van der Waals surface area contributed by atoms with Crippen LogP contribution in [-0.4, -0.2) is 39.1 Å². The number of hydrogen-bond acceptors (Lipinski definition) is 6. The van der Waals surface area contributed by atoms with Crippen LogP contribution in [0.1, 0.15) is 20.3 Å². The molecule has 3 heterocycles. The minimum atomic E-state index is -1.04. The van der Waals surface area contributed by atoms with Gasteiger partial charge in [-0.1, -0.05) is 13.0 Å². The average molecular weight is 409 g/mol. The molecule has 148 valence electrons. The molecule has 2 aromatic heterocycles. The normalized spacial score (nSPS) is 16.8. The van der Waals surface area contributed by atoms with Crippen molar-refractivity contribution in [1.82, 2.24) is 9.97 Å². The molecule has 1 aliphatic rings. The van der Waals surface area contributed by atoms with Crippen molar-refractivity contribution in [3.05, 3.63) is 48.0 Å². The van der Waals surface area contributed by atoms with Crippen molar-refractivity contribution in [2.45, 2.75) is 32.4 Å². The van der Waals surface area contributed by atoms with Gasteiger partial charge in [0.2, 0.25) is 0 Å². The summed E-state index contributed by atoms with van der Waals surface area (Å²) in [7, 11) is 0. The third-order valence-electron chi connectivity index (χ3n) is 4.77. The number of aliphatic carboxylic acids is 1. The van der Waals surface area contributed by atoms with E-state index in [9.17, 15) is 14.7 Å². The number of hydrogen-bond donors (Lipinski definition) is 1. The van der Waals surface area contributed by atoms with Crippen molar-refractivity contribution in [2.24, 2.45) is 0 Å². The number of carboxylic acid groups (broad SMARTS) is 1. The van der Waals surface area contributed by atoms with Crippen molar-refractivity contribution in [3.63, 3.8) is 0 Å². The minimum Gasteiger partial charge on any atom is -0.480 e. The van der Waals surface area contributed by atoms with E-state index in [1.165, 1.54) is 16.2 Å². The van der Waals surface area contributed by atoms with Gasteiger partial charge in [-0.25, -0.2) is 9.78 Å². The van der Waals surface area contributed by atoms with Crippen LogP contribution in [-0.2, 0) is 9.59 Å². The smallest absolute Gasteiger partial charge is 0.326 e. The number of ether oxygens (including phenoxy) is 1. The first-order chi connectivity index (χ1) is 14.0. The third-order valence-corrected chi connectivity index (χ3v) is 5.64. The molecule has 1 aromatic carbocycles. The molecule has 0 radical (unpaired) electrons. The maximum absolute atomic E-state index is 12.7. The molecule has 3 aromatic rings. The highest BCUT2D eigenvalue weighted by Gasteiger charge is 2.38. The first-order valence-electron chi connectivity index (χ1n) is 9.23. The Bertz CT molecular complexity index is 1070. The van der Waals surface area contributed by atoms with Gasteiger partial charge >= 0.3 is 5.97 Å². The lowest BCUT2D eigenvalue weighted by atomic mass is 10.0. The predicted octanol–water partition coefficient (Wildman–Crippen LogP) is 3.85. The monoisotopic (exact) mass is 409 g/mol. The van der Waals surface area contributed by atoms with Crippen LogP contribution in [0.15, 0.2) is 48.0 Å². The molecule has 7 nitrogen and oxygen atoms in total. The molecule has 2 unspecified atom stereocenters. The highest BCUT2D eigenvalue weighted by Crippen LogP contribution is 2.39. The lowest BCUT2D eigenvalue weighted by Crippen LogP contribution is -2.52. The number of rotatable bonds is 5. The van der Waals surface area contributed by atoms with E-state index in [2.05, 4.69) is 9.97 Å². The van der Waals surface area contributed by atoms with Crippen LogP contribution < -0.4 is 9.64 Å². The summed E-state index contributed by atoms with van der Waals surface area (Å²) >= 11 is 1.47. The summed E-state index contributed by atoms with van der Waals surface area (Å²) in [6.07, 6.45) is 1.27. The van der Waals surface area contributed by atoms with Crippen LogP contribution in [0.3, 0.4) is 0 Å². The highest BCUT2D eigenvalue weighted by atomic mass is 32.1. The fourth-order valence-electron chi connectivity index (χ4n) is 3.32. The molecule has 1 N–H and O–H groups in total. The Morgan fingerprint density at radius 3 is 2.83 bits per heavy atom. The van der Waals surface area contributed by atoms with Gasteiger partial charge in [0.05, 0.1) is 17.1 Å². The molecule has 2 atom stereocenters. The van der Waals surface area contributed by atoms with Gasteiger partial charge in [0.25, 0.3) is 5.91 Å². The fraction of sp³-hybridized carbons (Fsp3) is 0.238. The van der Waals surface area contributed by atoms with Crippen LogP contribution in [0.25, 0.3) is 22.0 Å². The van der Waals surface area contributed by atoms with E-state index in [4.69, 9.17) is 4.74 Å². The van der Waals surface area contributed by atoms with Crippen LogP contribution in [0, 0.1) is 0 Å². The van der Waals surface area contributed by atoms with Gasteiger partial charge in [-0.2, -0.15) is 0 Å². The molecule has 1 aliphatic heterocycles. The van der Waals surface area contributed by atoms with Crippen molar-refractivity contribution < 1.29 is 19.4 Å². The van der Waals surface area contributed by atoms with E-state index in [1.807, 2.05) is 29.6 Å². The number of carbonyl (C=O) groups excluding carboxylic acids is 1. The Kier molecular flexibility index (Phi) is 5.02. The van der Waals surface area contributed by atoms with Gasteiger partial charge in [-0.05, 0) is 43.7 Å². The second-order valence-corrected chi connectivity index (χ2v) is 7.52. The number of fused-ring (bicyclic) bond motifs is 1. The summed E-state index contributed by atoms with van der Waals surface area (Å²) in [5, 5.41) is 12.3. The van der Waals surface area contributed by atoms with Crippen LogP contribution >= 0.6 is 11.3 Å². The lowest BCUT2D eigenvalue weighted by Gasteiger charge is -2.36. The third kappa shape index (κ3) is 3.47. The molecule has 0 aliphatic carbocycles. The number of benzene rings is 1. The molecule has 0 spiro atoms. The Labute approximate surface area is 171 Å². The van der Waals surface area contributed by atoms with E-state index in [1.54, 1.807) is 32.2 Å². The molecule has 0 saturated carbocycles. The van der Waals surface area contributed by atoms with E-state index in [0.29, 0.717) is 11.4 Å². The lowest BCUT2D eigenvalue weighted by molar-refractivity contribution is -0.141. The zero-order chi connectivity index (χ0) is 20.5. The Morgan fingerprint density at radius 1 is 1.31 bits per heavy atom. The SMILES string of the molecule is CCC(C(=O)O)N1C(=O)C(C)Oc2ccc(-c3csc(-c4ccccn4)n3)cc21. The zero-order valence-corrected chi connectivity index (χ0v) is 16.7. The zero-order valence-electron chi connectivity index (χ0n) is 15.9. The summed E-state index contributed by atoms with van der Waals surface area (Å²) in [6, 6.07) is 10.1. The van der Waals surface area contributed by atoms with Crippen LogP contribution in [0.2, 0.25) is 0 Å². The number of carbonyl (C=O) groups is 2. The molecule has 29 heavy (non-hydrogen) atoms. The highest BCUT2D eigenvalue weighted by molar-refractivity contribution is 7.13. The number of thiazole rings is 1. The largest absolute Gasteiger partial charge is 0.480 e. The van der Waals surface area contributed by atoms with E-state index >= 15 is 0 Å². The summed E-state index contributed by atoms with van der Waals surface area (Å²) in [5.74, 6) is -0.922. The standard InChI is InChI=1S/C21H19N3O4S/c1-3-16(21(26)27)24-17-10-13(7-8-18(17)28-12(2)20(24)25)15-11-29-19(23-15)14-6-4-5-9-22-14/h4-12,16H,3H2,1-2H3,(H,26,27). The van der Waals surface area contributed by atoms with Crippen molar-refractivity contribution in [2.75, 3.05) is 4.90 Å². The van der Waals surface area contributed by atoms with E-state index in [-0.39, 0.29) is 12.3 Å². The summed E-state index contributed by atoms with van der Waals surface area (Å²) in [6.45, 7) is 3.37. The van der Waals surface area contributed by atoms with E-state index < -0.39 is 18.1 Å². The molecule has 1 amide bonds. The van der Waals surface area contributed by atoms with Crippen LogP contribution in [0.4, 0.5) is 5.69 Å². The molecule has 0 bridgehead atoms. The van der Waals surface area contributed by atoms with Crippen molar-refractivity contribution in [3.8, 4) is 27.7 Å². The molecule has 4 rings (SSSR count). The van der Waals surface area contributed by atoms with Gasteiger partial charge in [0.15, 0.2) is 6.10 Å². The number of aromatic nitrogens is 2. The van der Waals surface area contributed by atoms with Crippen molar-refractivity contribution >= 4 is 28.9 Å². The molecular weight excluding hydrogens is 390 g/mol. The Morgan fingerprint density at radius 2 is 2.14 bits per heavy atom. The minimum absolute atomic E-state index is 0.290. The second-order valence-electron chi connectivity index (χ2n) is 6.67. The van der Waals surface area contributed by atoms with Gasteiger partial charge < -0.3 is 9.84 Å². The van der Waals surface area contributed by atoms with Crippen LogP contribution in [0.5, 0.6) is 5.75 Å². The number of amides is 1.